The fourth-order valence-corrected chi connectivity index (χ4v) is 2.50. The number of aromatic nitrogens is 2. The molecule has 3 nitrogen and oxygen atoms in total. The SMILES string of the molecule is Cc1c(-c2ccc(C=O)c(F)c2F)ccc2c1ncn2C. The number of hydrogen-bond donors (Lipinski definition) is 0. The maximum atomic E-state index is 14.2. The van der Waals surface area contributed by atoms with Crippen molar-refractivity contribution in [2.24, 2.45) is 7.05 Å². The number of aryl methyl sites for hydroxylation is 2. The maximum Gasteiger partial charge on any atom is 0.169 e. The summed E-state index contributed by atoms with van der Waals surface area (Å²) in [5, 5.41) is 0. The lowest BCUT2D eigenvalue weighted by Gasteiger charge is -2.10. The summed E-state index contributed by atoms with van der Waals surface area (Å²) in [6.07, 6.45) is 1.98. The minimum absolute atomic E-state index is 0.128. The molecule has 0 bridgehead atoms. The minimum Gasteiger partial charge on any atom is -0.334 e. The molecule has 0 radical (unpaired) electrons. The van der Waals surface area contributed by atoms with Crippen molar-refractivity contribution in [2.75, 3.05) is 0 Å². The zero-order valence-electron chi connectivity index (χ0n) is 11.5. The van der Waals surface area contributed by atoms with E-state index < -0.39 is 11.6 Å². The van der Waals surface area contributed by atoms with E-state index in [1.165, 1.54) is 12.1 Å². The summed E-state index contributed by atoms with van der Waals surface area (Å²) in [6, 6.07) is 6.25. The van der Waals surface area contributed by atoms with Crippen LogP contribution in [0.2, 0.25) is 0 Å². The molecular weight excluding hydrogens is 274 g/mol. The van der Waals surface area contributed by atoms with Crippen LogP contribution in [0.15, 0.2) is 30.6 Å². The smallest absolute Gasteiger partial charge is 0.169 e. The van der Waals surface area contributed by atoms with Crippen LogP contribution in [0.1, 0.15) is 15.9 Å². The van der Waals surface area contributed by atoms with Crippen molar-refractivity contribution >= 4 is 17.3 Å². The molecule has 2 aromatic carbocycles. The first-order valence-electron chi connectivity index (χ1n) is 6.38. The zero-order chi connectivity index (χ0) is 15.1. The number of carbonyl (C=O) groups is 1. The molecule has 0 N–H and O–H groups in total. The van der Waals surface area contributed by atoms with E-state index in [0.717, 1.165) is 16.6 Å². The molecule has 1 heterocycles. The van der Waals surface area contributed by atoms with E-state index in [9.17, 15) is 13.6 Å². The van der Waals surface area contributed by atoms with Gasteiger partial charge in [0, 0.05) is 12.6 Å². The third-order valence-corrected chi connectivity index (χ3v) is 3.68. The number of aldehydes is 1. The Morgan fingerprint density at radius 3 is 2.52 bits per heavy atom. The number of fused-ring (bicyclic) bond motifs is 1. The van der Waals surface area contributed by atoms with Crippen molar-refractivity contribution in [3.63, 3.8) is 0 Å². The first-order valence-corrected chi connectivity index (χ1v) is 6.38. The molecule has 0 atom stereocenters. The summed E-state index contributed by atoms with van der Waals surface area (Å²) >= 11 is 0. The first kappa shape index (κ1) is 13.4. The first-order chi connectivity index (χ1) is 10.0. The lowest BCUT2D eigenvalue weighted by atomic mass is 9.97. The van der Waals surface area contributed by atoms with Crippen LogP contribution in [-0.4, -0.2) is 15.8 Å². The molecule has 1 aromatic heterocycles. The Morgan fingerprint density at radius 1 is 1.10 bits per heavy atom. The average Bonchev–Trinajstić information content (AvgIpc) is 2.85. The Bertz CT molecular complexity index is 868. The average molecular weight is 286 g/mol. The Labute approximate surface area is 119 Å². The van der Waals surface area contributed by atoms with Crippen LogP contribution in [0, 0.1) is 18.6 Å². The molecule has 0 aliphatic rings. The molecule has 0 fully saturated rings. The van der Waals surface area contributed by atoms with Crippen molar-refractivity contribution in [3.05, 3.63) is 53.4 Å². The number of imidazole rings is 1. The third kappa shape index (κ3) is 1.93. The molecule has 21 heavy (non-hydrogen) atoms. The van der Waals surface area contributed by atoms with Gasteiger partial charge in [0.05, 0.1) is 22.9 Å². The van der Waals surface area contributed by atoms with Gasteiger partial charge in [-0.15, -0.1) is 0 Å². The van der Waals surface area contributed by atoms with E-state index in [4.69, 9.17) is 0 Å². The van der Waals surface area contributed by atoms with Crippen LogP contribution >= 0.6 is 0 Å². The molecule has 0 unspecified atom stereocenters. The fraction of sp³-hybridized carbons (Fsp3) is 0.125. The summed E-state index contributed by atoms with van der Waals surface area (Å²) in [7, 11) is 1.87. The third-order valence-electron chi connectivity index (χ3n) is 3.68. The molecule has 0 aliphatic carbocycles. The monoisotopic (exact) mass is 286 g/mol. The lowest BCUT2D eigenvalue weighted by Crippen LogP contribution is -1.97. The molecule has 3 rings (SSSR count). The van der Waals surface area contributed by atoms with Gasteiger partial charge in [-0.1, -0.05) is 12.1 Å². The molecule has 0 spiro atoms. The molecule has 0 amide bonds. The van der Waals surface area contributed by atoms with Crippen LogP contribution in [0.3, 0.4) is 0 Å². The Kier molecular flexibility index (Phi) is 3.05. The molecular formula is C16H12F2N2O. The highest BCUT2D eigenvalue weighted by molar-refractivity contribution is 5.87. The number of hydrogen-bond acceptors (Lipinski definition) is 2. The number of rotatable bonds is 2. The van der Waals surface area contributed by atoms with Crippen LogP contribution in [0.5, 0.6) is 0 Å². The standard InChI is InChI=1S/C16H12F2N2O/c1-9-11(5-6-13-16(9)19-8-20(13)2)12-4-3-10(7-21)14(17)15(12)18/h3-8H,1-2H3. The minimum atomic E-state index is -1.12. The van der Waals surface area contributed by atoms with Gasteiger partial charge in [-0.05, 0) is 30.2 Å². The van der Waals surface area contributed by atoms with Crippen LogP contribution < -0.4 is 0 Å². The second kappa shape index (κ2) is 4.77. The van der Waals surface area contributed by atoms with Crippen LogP contribution in [0.25, 0.3) is 22.2 Å². The van der Waals surface area contributed by atoms with E-state index in [-0.39, 0.29) is 11.1 Å². The molecule has 0 aliphatic heterocycles. The van der Waals surface area contributed by atoms with Gasteiger partial charge in [-0.3, -0.25) is 4.79 Å². The van der Waals surface area contributed by atoms with Gasteiger partial charge in [0.25, 0.3) is 0 Å². The number of carbonyl (C=O) groups excluding carboxylic acids is 1. The summed E-state index contributed by atoms with van der Waals surface area (Å²) in [6.45, 7) is 1.82. The quantitative estimate of drug-likeness (QED) is 0.674. The van der Waals surface area contributed by atoms with E-state index in [0.29, 0.717) is 11.8 Å². The van der Waals surface area contributed by atoms with Gasteiger partial charge in [-0.25, -0.2) is 13.8 Å². The van der Waals surface area contributed by atoms with E-state index in [1.807, 2.05) is 24.6 Å². The van der Waals surface area contributed by atoms with Gasteiger partial charge in [0.2, 0.25) is 0 Å². The van der Waals surface area contributed by atoms with Gasteiger partial charge in [0.15, 0.2) is 17.9 Å². The second-order valence-corrected chi connectivity index (χ2v) is 4.91. The lowest BCUT2D eigenvalue weighted by molar-refractivity contribution is 0.111. The van der Waals surface area contributed by atoms with Crippen molar-refractivity contribution in [1.29, 1.82) is 0 Å². The van der Waals surface area contributed by atoms with Crippen LogP contribution in [-0.2, 0) is 7.05 Å². The maximum absolute atomic E-state index is 14.2. The topological polar surface area (TPSA) is 34.9 Å². The summed E-state index contributed by atoms with van der Waals surface area (Å²) < 4.78 is 29.8. The van der Waals surface area contributed by atoms with Gasteiger partial charge in [0.1, 0.15) is 0 Å². The van der Waals surface area contributed by atoms with E-state index in [2.05, 4.69) is 4.98 Å². The highest BCUT2D eigenvalue weighted by Crippen LogP contribution is 2.32. The van der Waals surface area contributed by atoms with Crippen molar-refractivity contribution in [1.82, 2.24) is 9.55 Å². The summed E-state index contributed by atoms with van der Waals surface area (Å²) in [5.41, 5.74) is 2.84. The predicted octanol–water partition coefficient (Wildman–Crippen LogP) is 3.64. The van der Waals surface area contributed by atoms with E-state index in [1.54, 1.807) is 12.4 Å². The predicted molar refractivity (Wildman–Crippen MR) is 76.2 cm³/mol. The number of nitrogens with zero attached hydrogens (tertiary/aromatic N) is 2. The molecule has 0 saturated carbocycles. The van der Waals surface area contributed by atoms with Crippen LogP contribution in [0.4, 0.5) is 8.78 Å². The molecule has 0 saturated heterocycles. The molecule has 106 valence electrons. The Hall–Kier alpha value is -2.56. The van der Waals surface area contributed by atoms with E-state index >= 15 is 0 Å². The van der Waals surface area contributed by atoms with Crippen molar-refractivity contribution in [3.8, 4) is 11.1 Å². The normalized spacial score (nSPS) is 11.0. The Morgan fingerprint density at radius 2 is 1.81 bits per heavy atom. The largest absolute Gasteiger partial charge is 0.334 e. The summed E-state index contributed by atoms with van der Waals surface area (Å²) in [4.78, 5) is 14.9. The highest BCUT2D eigenvalue weighted by Gasteiger charge is 2.17. The zero-order valence-corrected chi connectivity index (χ0v) is 11.5. The second-order valence-electron chi connectivity index (χ2n) is 4.91. The van der Waals surface area contributed by atoms with Crippen molar-refractivity contribution in [2.45, 2.75) is 6.92 Å². The number of halogens is 2. The van der Waals surface area contributed by atoms with Gasteiger partial charge >= 0.3 is 0 Å². The Balaban J connectivity index is 2.28. The highest BCUT2D eigenvalue weighted by atomic mass is 19.2. The van der Waals surface area contributed by atoms with Gasteiger partial charge < -0.3 is 4.57 Å². The van der Waals surface area contributed by atoms with Crippen molar-refractivity contribution < 1.29 is 13.6 Å². The fourth-order valence-electron chi connectivity index (χ4n) is 2.50. The molecule has 3 aromatic rings. The molecule has 5 heteroatoms. The summed E-state index contributed by atoms with van der Waals surface area (Å²) in [5.74, 6) is -2.14. The number of benzene rings is 2. The van der Waals surface area contributed by atoms with Gasteiger partial charge in [-0.2, -0.15) is 0 Å².